The van der Waals surface area contributed by atoms with Crippen molar-refractivity contribution in [2.24, 2.45) is 0 Å². The summed E-state index contributed by atoms with van der Waals surface area (Å²) in [5.41, 5.74) is 6.18. The largest absolute Gasteiger partial charge is 0.492 e. The summed E-state index contributed by atoms with van der Waals surface area (Å²) in [6, 6.07) is 21.7. The van der Waals surface area contributed by atoms with Gasteiger partial charge in [0.2, 0.25) is 0 Å². The van der Waals surface area contributed by atoms with Crippen LogP contribution in [0, 0.1) is 41.5 Å². The molecule has 0 aliphatic rings. The predicted octanol–water partition coefficient (Wildman–Crippen LogP) is 9.89. The zero-order valence-corrected chi connectivity index (χ0v) is 35.3. The van der Waals surface area contributed by atoms with Gasteiger partial charge in [-0.2, -0.15) is 0 Å². The van der Waals surface area contributed by atoms with E-state index in [1.165, 1.54) is 26.6 Å². The van der Waals surface area contributed by atoms with E-state index in [2.05, 4.69) is 62.0 Å². The molecule has 4 aromatic rings. The van der Waals surface area contributed by atoms with E-state index in [1.54, 1.807) is 55.5 Å². The summed E-state index contributed by atoms with van der Waals surface area (Å²) in [7, 11) is 1.21. The lowest BCUT2D eigenvalue weighted by atomic mass is 9.95. The monoisotopic (exact) mass is 840 g/mol. The van der Waals surface area contributed by atoms with Gasteiger partial charge < -0.3 is 23.7 Å². The number of esters is 4. The highest BCUT2D eigenvalue weighted by molar-refractivity contribution is 5.90. The number of rotatable bonds is 12. The lowest BCUT2D eigenvalue weighted by molar-refractivity contribution is -0.134. The van der Waals surface area contributed by atoms with Crippen LogP contribution in [0.1, 0.15) is 77.8 Å². The highest BCUT2D eigenvalue weighted by Gasteiger charge is 2.26. The minimum atomic E-state index is -0.975. The molecule has 4 rings (SSSR count). The number of carbonyl (C=O) groups excluding carboxylic acids is 4. The molecule has 0 saturated heterocycles. The predicted molar refractivity (Wildman–Crippen MR) is 241 cm³/mol. The van der Waals surface area contributed by atoms with E-state index in [1.807, 2.05) is 50.2 Å². The summed E-state index contributed by atoms with van der Waals surface area (Å²) in [6.45, 7) is 21.0. The fourth-order valence-electron chi connectivity index (χ4n) is 5.21. The van der Waals surface area contributed by atoms with Crippen LogP contribution < -0.4 is 9.47 Å². The van der Waals surface area contributed by atoms with Crippen molar-refractivity contribution in [2.45, 2.75) is 27.7 Å². The molecular weight excluding hydrogens is 800 g/mol. The number of ether oxygens (including phenoxy) is 5. The van der Waals surface area contributed by atoms with Crippen LogP contribution in [0.4, 0.5) is 4.39 Å². The van der Waals surface area contributed by atoms with Gasteiger partial charge in [0.25, 0.3) is 0 Å². The first kappa shape index (κ1) is 47.0. The van der Waals surface area contributed by atoms with Gasteiger partial charge in [-0.05, 0) is 103 Å². The van der Waals surface area contributed by atoms with Crippen molar-refractivity contribution in [3.05, 3.63) is 191 Å². The molecule has 0 atom stereocenters. The summed E-state index contributed by atoms with van der Waals surface area (Å²) in [5.74, 6) is 9.46. The summed E-state index contributed by atoms with van der Waals surface area (Å²) < 4.78 is 42.6. The number of allylic oxidation sites excluding steroid dienone is 2. The van der Waals surface area contributed by atoms with Gasteiger partial charge in [0.15, 0.2) is 17.3 Å². The number of benzene rings is 4. The minimum absolute atomic E-state index is 0.192. The summed E-state index contributed by atoms with van der Waals surface area (Å²) in [5, 5.41) is 0. The second-order valence-electron chi connectivity index (χ2n) is 13.3. The van der Waals surface area contributed by atoms with Crippen LogP contribution in [-0.4, -0.2) is 31.0 Å². The normalized spacial score (nSPS) is 10.6. The fraction of sp³-hybridized carbons (Fsp3) is 0.0943. The fourth-order valence-corrected chi connectivity index (χ4v) is 5.21. The zero-order valence-electron chi connectivity index (χ0n) is 35.3. The van der Waals surface area contributed by atoms with Crippen LogP contribution >= 0.6 is 0 Å². The Hall–Kier alpha value is -8.65. The van der Waals surface area contributed by atoms with Crippen LogP contribution in [0.5, 0.6) is 11.5 Å². The molecule has 0 aliphatic carbocycles. The van der Waals surface area contributed by atoms with E-state index in [9.17, 15) is 19.2 Å². The highest BCUT2D eigenvalue weighted by Crippen LogP contribution is 2.38. The third-order valence-electron chi connectivity index (χ3n) is 8.78. The summed E-state index contributed by atoms with van der Waals surface area (Å²) in [6.07, 6.45) is 9.80. The lowest BCUT2D eigenvalue weighted by Crippen LogP contribution is -2.10. The van der Waals surface area contributed by atoms with Crippen molar-refractivity contribution in [1.29, 1.82) is 0 Å². The number of methoxy groups -OCH3 is 1. The molecule has 0 spiro atoms. The van der Waals surface area contributed by atoms with Crippen LogP contribution in [0.2, 0.25) is 0 Å². The molecule has 0 unspecified atom stereocenters. The molecule has 0 aliphatic heterocycles. The van der Waals surface area contributed by atoms with Crippen molar-refractivity contribution < 1.29 is 47.3 Å². The lowest BCUT2D eigenvalue weighted by Gasteiger charge is -2.15. The molecule has 0 fully saturated rings. The van der Waals surface area contributed by atoms with Crippen LogP contribution in [0.3, 0.4) is 0 Å². The molecule has 314 valence electrons. The molecule has 0 N–H and O–H groups in total. The van der Waals surface area contributed by atoms with Crippen molar-refractivity contribution in [3.63, 3.8) is 0 Å². The van der Waals surface area contributed by atoms with Gasteiger partial charge in [-0.25, -0.2) is 23.6 Å². The number of halogens is 1. The van der Waals surface area contributed by atoms with Gasteiger partial charge in [0.05, 0.1) is 30.8 Å². The number of hydrogen-bond donors (Lipinski definition) is 0. The van der Waals surface area contributed by atoms with Gasteiger partial charge in [0.1, 0.15) is 11.7 Å². The number of hydrogen-bond acceptors (Lipinski definition) is 9. The van der Waals surface area contributed by atoms with Crippen molar-refractivity contribution in [3.8, 4) is 47.2 Å². The van der Waals surface area contributed by atoms with Crippen LogP contribution in [0.15, 0.2) is 135 Å². The quantitative estimate of drug-likeness (QED) is 0.0262. The van der Waals surface area contributed by atoms with Gasteiger partial charge >= 0.3 is 23.9 Å². The Kier molecular flexibility index (Phi) is 16.9. The second-order valence-corrected chi connectivity index (χ2v) is 13.3. The van der Waals surface area contributed by atoms with E-state index in [0.717, 1.165) is 40.0 Å². The molecule has 0 aromatic heterocycles. The highest BCUT2D eigenvalue weighted by atomic mass is 19.1. The number of carbonyl (C=O) groups is 4. The average Bonchev–Trinajstić information content (AvgIpc) is 3.28. The Bertz CT molecular complexity index is 2780. The van der Waals surface area contributed by atoms with Gasteiger partial charge in [0, 0.05) is 34.4 Å². The summed E-state index contributed by atoms with van der Waals surface area (Å²) >= 11 is 0. The third-order valence-corrected chi connectivity index (χ3v) is 8.78. The maximum Gasteiger partial charge on any atom is 0.344 e. The Morgan fingerprint density at radius 1 is 0.571 bits per heavy atom. The summed E-state index contributed by atoms with van der Waals surface area (Å²) in [4.78, 5) is 47.9. The average molecular weight is 841 g/mol. The Morgan fingerprint density at radius 2 is 1.02 bits per heavy atom. The van der Waals surface area contributed by atoms with E-state index in [-0.39, 0.29) is 28.0 Å². The standard InChI is InChI=1S/C53H41FO9/c1-10-47(55)60-33-30-45-44(26-20-39-16-22-42(23-17-39)36(7)37(8)43-24-18-41(19-25-43)29-32-62-53(58)35(5)6)49(54)51(59-9)46(50(45)63-48(56)11-2)27-21-38-12-14-40(15-13-38)28-31-61-52(57)34(3)4/h10-19,22-25,28-29,31-32H,1-3,5H2,4,6-9H3. The van der Waals surface area contributed by atoms with E-state index >= 15 is 4.39 Å². The van der Waals surface area contributed by atoms with E-state index in [0.29, 0.717) is 22.3 Å². The SMILES string of the molecule is C=CC(=O)OC#Cc1c(C#Cc2ccc(C(C)=C(C)c3ccc(C=COC(=O)C(=C)C)cc3)cc2)c(F)c(OC)c(C#Cc2ccc(C=COC(=O)C(=C)C)cc2)c1OC(=O)C=C. The molecule has 0 saturated carbocycles. The van der Waals surface area contributed by atoms with Crippen LogP contribution in [-0.2, 0) is 33.4 Å². The second kappa shape index (κ2) is 22.6. The van der Waals surface area contributed by atoms with E-state index in [4.69, 9.17) is 23.7 Å². The molecule has 4 aromatic carbocycles. The zero-order chi connectivity index (χ0) is 46.1. The first-order chi connectivity index (χ1) is 30.2. The van der Waals surface area contributed by atoms with Gasteiger partial charge in [-0.15, -0.1) is 0 Å². The maximum absolute atomic E-state index is 16.6. The molecule has 63 heavy (non-hydrogen) atoms. The first-order valence-electron chi connectivity index (χ1n) is 18.9. The van der Waals surface area contributed by atoms with Crippen LogP contribution in [0.25, 0.3) is 23.3 Å². The van der Waals surface area contributed by atoms with Crippen molar-refractivity contribution >= 4 is 47.2 Å². The van der Waals surface area contributed by atoms with Gasteiger partial charge in [-0.1, -0.05) is 98.5 Å². The molecule has 0 heterocycles. The molecule has 9 nitrogen and oxygen atoms in total. The Labute approximate surface area is 366 Å². The topological polar surface area (TPSA) is 114 Å². The maximum atomic E-state index is 16.6. The van der Waals surface area contributed by atoms with Crippen molar-refractivity contribution in [2.75, 3.05) is 7.11 Å². The first-order valence-corrected chi connectivity index (χ1v) is 18.9. The molecule has 10 heteroatoms. The smallest absolute Gasteiger partial charge is 0.344 e. The molecule has 0 bridgehead atoms. The van der Waals surface area contributed by atoms with Crippen molar-refractivity contribution in [1.82, 2.24) is 0 Å². The molecular formula is C53H41FO9. The van der Waals surface area contributed by atoms with E-state index < -0.39 is 35.4 Å². The Morgan fingerprint density at radius 3 is 1.48 bits per heavy atom. The molecule has 0 radical (unpaired) electrons. The molecule has 0 amide bonds. The minimum Gasteiger partial charge on any atom is -0.492 e. The Balaban J connectivity index is 1.75. The third kappa shape index (κ3) is 13.2. The van der Waals surface area contributed by atoms with Gasteiger partial charge in [-0.3, -0.25) is 0 Å².